The third-order valence-corrected chi connectivity index (χ3v) is 4.36. The summed E-state index contributed by atoms with van der Waals surface area (Å²) in [5.74, 6) is -1.31. The Morgan fingerprint density at radius 2 is 1.86 bits per heavy atom. The molecule has 1 fully saturated rings. The van der Waals surface area contributed by atoms with Gasteiger partial charge < -0.3 is 10.4 Å². The summed E-state index contributed by atoms with van der Waals surface area (Å²) in [5, 5.41) is 12.1. The highest BCUT2D eigenvalue weighted by Gasteiger charge is 2.34. The van der Waals surface area contributed by atoms with Crippen LogP contribution in [0, 0.1) is 18.8 Å². The van der Waals surface area contributed by atoms with Crippen LogP contribution in [0.15, 0.2) is 24.3 Å². The summed E-state index contributed by atoms with van der Waals surface area (Å²) in [5.41, 5.74) is 2.30. The minimum Gasteiger partial charge on any atom is -0.481 e. The predicted molar refractivity (Wildman–Crippen MR) is 80.8 cm³/mol. The second-order valence-corrected chi connectivity index (χ2v) is 5.93. The number of carbonyl (C=O) groups is 2. The summed E-state index contributed by atoms with van der Waals surface area (Å²) < 4.78 is 0. The number of carbonyl (C=O) groups excluding carboxylic acids is 1. The molecule has 21 heavy (non-hydrogen) atoms. The Bertz CT molecular complexity index is 509. The molecule has 1 aromatic carbocycles. The van der Waals surface area contributed by atoms with Gasteiger partial charge in [0.25, 0.3) is 0 Å². The molecular weight excluding hydrogens is 266 g/mol. The number of hydrogen-bond donors (Lipinski definition) is 2. The van der Waals surface area contributed by atoms with Crippen LogP contribution < -0.4 is 5.32 Å². The van der Waals surface area contributed by atoms with Crippen molar-refractivity contribution < 1.29 is 14.7 Å². The zero-order valence-electron chi connectivity index (χ0n) is 12.6. The highest BCUT2D eigenvalue weighted by Crippen LogP contribution is 2.32. The molecule has 114 valence electrons. The number of hydrogen-bond acceptors (Lipinski definition) is 2. The van der Waals surface area contributed by atoms with E-state index < -0.39 is 5.97 Å². The summed E-state index contributed by atoms with van der Waals surface area (Å²) in [7, 11) is 0. The first-order valence-corrected chi connectivity index (χ1v) is 7.61. The molecule has 1 amide bonds. The van der Waals surface area contributed by atoms with Crippen molar-refractivity contribution >= 4 is 11.9 Å². The van der Waals surface area contributed by atoms with Gasteiger partial charge in [-0.2, -0.15) is 0 Å². The maximum Gasteiger partial charge on any atom is 0.306 e. The van der Waals surface area contributed by atoms with Crippen LogP contribution >= 0.6 is 0 Å². The maximum absolute atomic E-state index is 12.3. The Morgan fingerprint density at radius 1 is 1.24 bits per heavy atom. The van der Waals surface area contributed by atoms with Crippen molar-refractivity contribution in [3.05, 3.63) is 35.4 Å². The van der Waals surface area contributed by atoms with Crippen LogP contribution in [-0.2, 0) is 9.59 Å². The Balaban J connectivity index is 1.97. The molecule has 0 bridgehead atoms. The normalized spacial score (nSPS) is 22.8. The highest BCUT2D eigenvalue weighted by molar-refractivity contribution is 5.81. The monoisotopic (exact) mass is 289 g/mol. The van der Waals surface area contributed by atoms with E-state index in [-0.39, 0.29) is 23.8 Å². The van der Waals surface area contributed by atoms with Gasteiger partial charge in [0.15, 0.2) is 0 Å². The lowest BCUT2D eigenvalue weighted by Crippen LogP contribution is -2.33. The number of benzene rings is 1. The maximum atomic E-state index is 12.3. The van der Waals surface area contributed by atoms with Crippen molar-refractivity contribution in [3.63, 3.8) is 0 Å². The van der Waals surface area contributed by atoms with Crippen LogP contribution in [-0.4, -0.2) is 17.0 Å². The number of rotatable bonds is 5. The van der Waals surface area contributed by atoms with Gasteiger partial charge in [-0.1, -0.05) is 36.8 Å². The molecule has 1 aliphatic rings. The Morgan fingerprint density at radius 3 is 2.38 bits per heavy atom. The van der Waals surface area contributed by atoms with E-state index in [1.807, 2.05) is 38.1 Å². The fourth-order valence-electron chi connectivity index (χ4n) is 2.95. The minimum absolute atomic E-state index is 0.00183. The molecule has 0 radical (unpaired) electrons. The van der Waals surface area contributed by atoms with Gasteiger partial charge in [0, 0.05) is 5.92 Å². The van der Waals surface area contributed by atoms with Gasteiger partial charge in [-0.3, -0.25) is 9.59 Å². The molecule has 0 aliphatic heterocycles. The van der Waals surface area contributed by atoms with Gasteiger partial charge in [0.2, 0.25) is 5.91 Å². The standard InChI is InChI=1S/C17H23NO3/c1-3-15(12-6-4-11(2)5-7-12)18-16(19)13-8-9-14(10-13)17(20)21/h4-7,13-15H,3,8-10H2,1-2H3,(H,18,19)(H,20,21). The molecule has 3 unspecified atom stereocenters. The topological polar surface area (TPSA) is 66.4 Å². The molecule has 1 saturated carbocycles. The van der Waals surface area contributed by atoms with E-state index in [0.717, 1.165) is 12.0 Å². The number of carboxylic acids is 1. The van der Waals surface area contributed by atoms with Crippen molar-refractivity contribution in [2.75, 3.05) is 0 Å². The molecule has 4 heteroatoms. The lowest BCUT2D eigenvalue weighted by molar-refractivity contribution is -0.141. The molecule has 0 spiro atoms. The van der Waals surface area contributed by atoms with E-state index >= 15 is 0 Å². The van der Waals surface area contributed by atoms with Crippen LogP contribution in [0.1, 0.15) is 49.8 Å². The average Bonchev–Trinajstić information content (AvgIpc) is 2.96. The van der Waals surface area contributed by atoms with E-state index in [1.165, 1.54) is 5.56 Å². The van der Waals surface area contributed by atoms with Crippen LogP contribution in [0.25, 0.3) is 0 Å². The quantitative estimate of drug-likeness (QED) is 0.875. The molecule has 4 nitrogen and oxygen atoms in total. The Labute approximate surface area is 125 Å². The van der Waals surface area contributed by atoms with E-state index in [2.05, 4.69) is 5.32 Å². The summed E-state index contributed by atoms with van der Waals surface area (Å²) in [6.07, 6.45) is 2.57. The predicted octanol–water partition coefficient (Wildman–Crippen LogP) is 3.06. The van der Waals surface area contributed by atoms with Gasteiger partial charge in [0.1, 0.15) is 0 Å². The molecule has 0 heterocycles. The molecule has 1 aliphatic carbocycles. The first kappa shape index (κ1) is 15.5. The first-order valence-electron chi connectivity index (χ1n) is 7.61. The summed E-state index contributed by atoms with van der Waals surface area (Å²) in [6, 6.07) is 8.17. The zero-order valence-corrected chi connectivity index (χ0v) is 12.6. The lowest BCUT2D eigenvalue weighted by atomic mass is 10.00. The summed E-state index contributed by atoms with van der Waals surface area (Å²) in [6.45, 7) is 4.08. The molecule has 3 atom stereocenters. The number of amides is 1. The number of carboxylic acid groups (broad SMARTS) is 1. The number of aliphatic carboxylic acids is 1. The molecular formula is C17H23NO3. The summed E-state index contributed by atoms with van der Waals surface area (Å²) in [4.78, 5) is 23.3. The second-order valence-electron chi connectivity index (χ2n) is 5.93. The van der Waals surface area contributed by atoms with Crippen LogP contribution in [0.4, 0.5) is 0 Å². The van der Waals surface area contributed by atoms with Crippen molar-refractivity contribution in [1.29, 1.82) is 0 Å². The van der Waals surface area contributed by atoms with Crippen molar-refractivity contribution in [1.82, 2.24) is 5.32 Å². The van der Waals surface area contributed by atoms with Crippen LogP contribution in [0.3, 0.4) is 0 Å². The third kappa shape index (κ3) is 3.84. The van der Waals surface area contributed by atoms with Gasteiger partial charge in [-0.25, -0.2) is 0 Å². The second kappa shape index (κ2) is 6.74. The van der Waals surface area contributed by atoms with Crippen LogP contribution in [0.5, 0.6) is 0 Å². The fourth-order valence-corrected chi connectivity index (χ4v) is 2.95. The van der Waals surface area contributed by atoms with Gasteiger partial charge >= 0.3 is 5.97 Å². The van der Waals surface area contributed by atoms with Crippen molar-refractivity contribution in [3.8, 4) is 0 Å². The van der Waals surface area contributed by atoms with E-state index in [4.69, 9.17) is 5.11 Å². The summed E-state index contributed by atoms with van der Waals surface area (Å²) >= 11 is 0. The fraction of sp³-hybridized carbons (Fsp3) is 0.529. The molecule has 1 aromatic rings. The van der Waals surface area contributed by atoms with Crippen LogP contribution in [0.2, 0.25) is 0 Å². The minimum atomic E-state index is -0.782. The van der Waals surface area contributed by atoms with Gasteiger partial charge in [-0.05, 0) is 38.2 Å². The highest BCUT2D eigenvalue weighted by atomic mass is 16.4. The molecule has 0 saturated heterocycles. The number of nitrogens with one attached hydrogen (secondary N) is 1. The largest absolute Gasteiger partial charge is 0.481 e. The first-order chi connectivity index (χ1) is 10.0. The average molecular weight is 289 g/mol. The molecule has 0 aromatic heterocycles. The lowest BCUT2D eigenvalue weighted by Gasteiger charge is -2.20. The SMILES string of the molecule is CCC(NC(=O)C1CCC(C(=O)O)C1)c1ccc(C)cc1. The van der Waals surface area contributed by atoms with E-state index in [0.29, 0.717) is 19.3 Å². The van der Waals surface area contributed by atoms with Crippen molar-refractivity contribution in [2.45, 2.75) is 45.6 Å². The zero-order chi connectivity index (χ0) is 15.4. The molecule has 2 rings (SSSR count). The smallest absolute Gasteiger partial charge is 0.306 e. The Kier molecular flexibility index (Phi) is 4.99. The third-order valence-electron chi connectivity index (χ3n) is 4.36. The molecule has 2 N–H and O–H groups in total. The van der Waals surface area contributed by atoms with Gasteiger partial charge in [0.05, 0.1) is 12.0 Å². The van der Waals surface area contributed by atoms with E-state index in [9.17, 15) is 9.59 Å². The number of aryl methyl sites for hydroxylation is 1. The van der Waals surface area contributed by atoms with Crippen molar-refractivity contribution in [2.24, 2.45) is 11.8 Å². The van der Waals surface area contributed by atoms with Gasteiger partial charge in [-0.15, -0.1) is 0 Å². The Hall–Kier alpha value is -1.84. The van der Waals surface area contributed by atoms with E-state index in [1.54, 1.807) is 0 Å².